The van der Waals surface area contributed by atoms with Gasteiger partial charge in [-0.15, -0.1) is 11.8 Å². The highest BCUT2D eigenvalue weighted by Crippen LogP contribution is 2.19. The second-order valence-corrected chi connectivity index (χ2v) is 4.66. The lowest BCUT2D eigenvalue weighted by Gasteiger charge is -2.15. The van der Waals surface area contributed by atoms with Gasteiger partial charge in [-0.1, -0.05) is 6.07 Å². The van der Waals surface area contributed by atoms with Gasteiger partial charge in [0.05, 0.1) is 6.67 Å². The third kappa shape index (κ3) is 2.79. The highest BCUT2D eigenvalue weighted by molar-refractivity contribution is 7.98. The van der Waals surface area contributed by atoms with Gasteiger partial charge in [-0.25, -0.2) is 0 Å². The van der Waals surface area contributed by atoms with Crippen LogP contribution in [0.2, 0.25) is 0 Å². The Morgan fingerprint density at radius 2 is 2.00 bits per heavy atom. The zero-order chi connectivity index (χ0) is 12.3. The van der Waals surface area contributed by atoms with Crippen LogP contribution in [0.15, 0.2) is 29.2 Å². The number of nitrogens with zero attached hydrogens (tertiary/aromatic N) is 1. The number of nitrogens with one attached hydrogen (secondary N) is 1. The molecule has 0 radical (unpaired) electrons. The smallest absolute Gasteiger partial charge is 0.231 e. The van der Waals surface area contributed by atoms with Crippen molar-refractivity contribution in [3.05, 3.63) is 24.3 Å². The molecular formula is C12H14N2O2S. The fourth-order valence-electron chi connectivity index (χ4n) is 1.70. The molecule has 4 nitrogen and oxygen atoms in total. The molecule has 1 heterocycles. The number of benzene rings is 1. The van der Waals surface area contributed by atoms with Crippen molar-refractivity contribution in [3.8, 4) is 0 Å². The molecular weight excluding hydrogens is 236 g/mol. The number of imide groups is 1. The average molecular weight is 250 g/mol. The number of carbonyl (C=O) groups excluding carboxylic acids is 2. The predicted molar refractivity (Wildman–Crippen MR) is 67.8 cm³/mol. The molecule has 17 heavy (non-hydrogen) atoms. The summed E-state index contributed by atoms with van der Waals surface area (Å²) in [5.74, 6) is -0.188. The monoisotopic (exact) mass is 250 g/mol. The number of carbonyl (C=O) groups is 2. The molecule has 1 saturated heterocycles. The molecule has 0 saturated carbocycles. The van der Waals surface area contributed by atoms with Gasteiger partial charge in [0.15, 0.2) is 0 Å². The van der Waals surface area contributed by atoms with Crippen LogP contribution in [0.4, 0.5) is 5.69 Å². The molecule has 90 valence electrons. The Morgan fingerprint density at radius 3 is 2.65 bits per heavy atom. The van der Waals surface area contributed by atoms with Crippen molar-refractivity contribution >= 4 is 29.3 Å². The normalized spacial score (nSPS) is 15.5. The lowest BCUT2D eigenvalue weighted by atomic mass is 10.3. The molecule has 0 atom stereocenters. The Hall–Kier alpha value is -1.49. The number of hydrogen-bond acceptors (Lipinski definition) is 4. The van der Waals surface area contributed by atoms with Crippen LogP contribution >= 0.6 is 11.8 Å². The van der Waals surface area contributed by atoms with E-state index in [9.17, 15) is 9.59 Å². The van der Waals surface area contributed by atoms with Gasteiger partial charge < -0.3 is 5.32 Å². The molecule has 0 unspecified atom stereocenters. The van der Waals surface area contributed by atoms with Crippen LogP contribution in [-0.4, -0.2) is 29.6 Å². The summed E-state index contributed by atoms with van der Waals surface area (Å²) in [5, 5.41) is 3.09. The first-order valence-electron chi connectivity index (χ1n) is 5.42. The van der Waals surface area contributed by atoms with Crippen molar-refractivity contribution in [2.45, 2.75) is 17.7 Å². The zero-order valence-electron chi connectivity index (χ0n) is 9.60. The predicted octanol–water partition coefficient (Wildman–Crippen LogP) is 1.93. The number of hydrogen-bond donors (Lipinski definition) is 1. The maximum atomic E-state index is 11.4. The first kappa shape index (κ1) is 12.0. The van der Waals surface area contributed by atoms with Gasteiger partial charge in [0.25, 0.3) is 0 Å². The molecule has 1 aliphatic heterocycles. The average Bonchev–Trinajstić information content (AvgIpc) is 2.67. The molecule has 0 aromatic heterocycles. The van der Waals surface area contributed by atoms with E-state index in [0.717, 1.165) is 10.6 Å². The number of likely N-dealkylation sites (tertiary alicyclic amines) is 1. The van der Waals surface area contributed by atoms with Crippen LogP contribution in [0.5, 0.6) is 0 Å². The molecule has 1 aromatic rings. The quantitative estimate of drug-likeness (QED) is 0.655. The minimum atomic E-state index is -0.0940. The van der Waals surface area contributed by atoms with Crippen molar-refractivity contribution in [1.82, 2.24) is 4.90 Å². The highest BCUT2D eigenvalue weighted by atomic mass is 32.2. The minimum Gasteiger partial charge on any atom is -0.367 e. The lowest BCUT2D eigenvalue weighted by molar-refractivity contribution is -0.137. The number of amides is 2. The standard InChI is InChI=1S/C12H14N2O2S/c1-17-10-4-2-3-9(7-10)13-8-14-11(15)5-6-12(14)16/h2-4,7,13H,5-6,8H2,1H3. The largest absolute Gasteiger partial charge is 0.367 e. The molecule has 0 spiro atoms. The molecule has 0 bridgehead atoms. The van der Waals surface area contributed by atoms with Gasteiger partial charge in [0, 0.05) is 23.4 Å². The van der Waals surface area contributed by atoms with Gasteiger partial charge in [-0.05, 0) is 24.5 Å². The Bertz CT molecular complexity index is 432. The maximum Gasteiger partial charge on any atom is 0.231 e. The highest BCUT2D eigenvalue weighted by Gasteiger charge is 2.28. The third-order valence-electron chi connectivity index (χ3n) is 2.67. The molecule has 0 aliphatic carbocycles. The van der Waals surface area contributed by atoms with Gasteiger partial charge in [-0.3, -0.25) is 14.5 Å². The van der Waals surface area contributed by atoms with Gasteiger partial charge >= 0.3 is 0 Å². The summed E-state index contributed by atoms with van der Waals surface area (Å²) in [5.41, 5.74) is 0.921. The van der Waals surface area contributed by atoms with Crippen molar-refractivity contribution < 1.29 is 9.59 Å². The maximum absolute atomic E-state index is 11.4. The van der Waals surface area contributed by atoms with Gasteiger partial charge in [-0.2, -0.15) is 0 Å². The molecule has 2 rings (SSSR count). The zero-order valence-corrected chi connectivity index (χ0v) is 10.4. The van der Waals surface area contributed by atoms with E-state index in [-0.39, 0.29) is 18.5 Å². The topological polar surface area (TPSA) is 49.4 Å². The van der Waals surface area contributed by atoms with Gasteiger partial charge in [0.1, 0.15) is 0 Å². The van der Waals surface area contributed by atoms with Crippen LogP contribution in [0.3, 0.4) is 0 Å². The van der Waals surface area contributed by atoms with Crippen molar-refractivity contribution in [2.24, 2.45) is 0 Å². The van der Waals surface area contributed by atoms with E-state index in [1.807, 2.05) is 30.5 Å². The van der Waals surface area contributed by atoms with E-state index in [0.29, 0.717) is 12.8 Å². The van der Waals surface area contributed by atoms with E-state index >= 15 is 0 Å². The summed E-state index contributed by atoms with van der Waals surface area (Å²) in [6.45, 7) is 0.259. The molecule has 1 aliphatic rings. The van der Waals surface area contributed by atoms with E-state index in [1.165, 1.54) is 4.90 Å². The van der Waals surface area contributed by atoms with Crippen LogP contribution in [0.25, 0.3) is 0 Å². The SMILES string of the molecule is CSc1cccc(NCN2C(=O)CCC2=O)c1. The molecule has 1 aromatic carbocycles. The second kappa shape index (κ2) is 5.23. The number of rotatable bonds is 4. The first-order chi connectivity index (χ1) is 8.20. The van der Waals surface area contributed by atoms with E-state index in [2.05, 4.69) is 5.32 Å². The Balaban J connectivity index is 1.97. The van der Waals surface area contributed by atoms with E-state index < -0.39 is 0 Å². The summed E-state index contributed by atoms with van der Waals surface area (Å²) < 4.78 is 0. The Morgan fingerprint density at radius 1 is 1.29 bits per heavy atom. The third-order valence-corrected chi connectivity index (χ3v) is 3.39. The van der Waals surface area contributed by atoms with E-state index in [4.69, 9.17) is 0 Å². The summed E-state index contributed by atoms with van der Waals surface area (Å²) in [6.07, 6.45) is 2.68. The minimum absolute atomic E-state index is 0.0940. The summed E-state index contributed by atoms with van der Waals surface area (Å²) >= 11 is 1.65. The van der Waals surface area contributed by atoms with Crippen LogP contribution in [0, 0.1) is 0 Å². The number of thioether (sulfide) groups is 1. The second-order valence-electron chi connectivity index (χ2n) is 3.78. The summed E-state index contributed by atoms with van der Waals surface area (Å²) in [7, 11) is 0. The van der Waals surface area contributed by atoms with Crippen LogP contribution in [-0.2, 0) is 9.59 Å². The Kier molecular flexibility index (Phi) is 3.68. The fourth-order valence-corrected chi connectivity index (χ4v) is 2.16. The van der Waals surface area contributed by atoms with Crippen molar-refractivity contribution in [1.29, 1.82) is 0 Å². The van der Waals surface area contributed by atoms with Crippen LogP contribution < -0.4 is 5.32 Å². The molecule has 1 N–H and O–H groups in total. The lowest BCUT2D eigenvalue weighted by Crippen LogP contribution is -2.33. The van der Waals surface area contributed by atoms with Crippen LogP contribution in [0.1, 0.15) is 12.8 Å². The van der Waals surface area contributed by atoms with E-state index in [1.54, 1.807) is 11.8 Å². The molecule has 2 amide bonds. The first-order valence-corrected chi connectivity index (χ1v) is 6.64. The molecule has 1 fully saturated rings. The fraction of sp³-hybridized carbons (Fsp3) is 0.333. The van der Waals surface area contributed by atoms with Crippen molar-refractivity contribution in [3.63, 3.8) is 0 Å². The number of anilines is 1. The van der Waals surface area contributed by atoms with Gasteiger partial charge in [0.2, 0.25) is 11.8 Å². The molecule has 5 heteroatoms. The Labute approximate surface area is 104 Å². The summed E-state index contributed by atoms with van der Waals surface area (Å²) in [6, 6.07) is 7.88. The summed E-state index contributed by atoms with van der Waals surface area (Å²) in [4.78, 5) is 25.2. The van der Waals surface area contributed by atoms with Crippen molar-refractivity contribution in [2.75, 3.05) is 18.2 Å².